The van der Waals surface area contributed by atoms with Gasteiger partial charge in [0.1, 0.15) is 0 Å². The third-order valence-electron chi connectivity index (χ3n) is 6.13. The Bertz CT molecular complexity index is 964. The number of nitro groups is 1. The van der Waals surface area contributed by atoms with Gasteiger partial charge in [0.05, 0.1) is 15.5 Å². The van der Waals surface area contributed by atoms with Gasteiger partial charge in [-0.1, -0.05) is 35.6 Å². The third-order valence-corrected chi connectivity index (χ3v) is 8.77. The predicted octanol–water partition coefficient (Wildman–Crippen LogP) is 4.66. The van der Waals surface area contributed by atoms with Crippen molar-refractivity contribution in [2.75, 3.05) is 0 Å². The summed E-state index contributed by atoms with van der Waals surface area (Å²) in [6, 6.07) is 6.83. The van der Waals surface area contributed by atoms with Crippen molar-refractivity contribution in [2.24, 2.45) is 17.8 Å². The Morgan fingerprint density at radius 2 is 2.04 bits per heavy atom. The van der Waals surface area contributed by atoms with Gasteiger partial charge in [-0.15, -0.1) is 11.8 Å². The lowest BCUT2D eigenvalue weighted by Gasteiger charge is -2.38. The number of para-hydroxylation sites is 1. The van der Waals surface area contributed by atoms with E-state index < -0.39 is 0 Å². The Hall–Kier alpha value is -1.86. The molecule has 2 fully saturated rings. The van der Waals surface area contributed by atoms with Gasteiger partial charge in [0, 0.05) is 22.1 Å². The van der Waals surface area contributed by atoms with Crippen LogP contribution in [0.15, 0.2) is 40.2 Å². The van der Waals surface area contributed by atoms with Crippen LogP contribution in [0.3, 0.4) is 0 Å². The van der Waals surface area contributed by atoms with Crippen molar-refractivity contribution in [3.05, 3.63) is 60.6 Å². The first-order chi connectivity index (χ1) is 12.6. The quantitative estimate of drug-likeness (QED) is 0.615. The van der Waals surface area contributed by atoms with Crippen LogP contribution in [0.5, 0.6) is 0 Å². The molecule has 5 rings (SSSR count). The molecular formula is C19H18N2O3S2. The number of benzene rings is 1. The minimum Gasteiger partial charge on any atom is -0.307 e. The first kappa shape index (κ1) is 16.3. The molecule has 2 aromatic rings. The molecule has 2 heterocycles. The molecule has 0 saturated heterocycles. The van der Waals surface area contributed by atoms with Crippen LogP contribution in [0.25, 0.3) is 6.08 Å². The first-order valence-corrected chi connectivity index (χ1v) is 10.6. The van der Waals surface area contributed by atoms with Crippen LogP contribution >= 0.6 is 23.1 Å². The van der Waals surface area contributed by atoms with Gasteiger partial charge >= 0.3 is 4.87 Å². The molecule has 2 bridgehead atoms. The van der Waals surface area contributed by atoms with Gasteiger partial charge in [-0.3, -0.25) is 14.9 Å². The number of aromatic nitrogens is 1. The number of H-pyrrole nitrogens is 1. The topological polar surface area (TPSA) is 76.0 Å². The number of nitrogens with one attached hydrogen (secondary N) is 1. The number of thiazole rings is 1. The molecule has 26 heavy (non-hydrogen) atoms. The van der Waals surface area contributed by atoms with Crippen molar-refractivity contribution in [3.8, 4) is 0 Å². The van der Waals surface area contributed by atoms with Crippen molar-refractivity contribution < 1.29 is 4.92 Å². The molecule has 134 valence electrons. The first-order valence-electron chi connectivity index (χ1n) is 8.93. The SMILES string of the molecule is O=c1[nH]c2c(s1)[C@@H](/C=C/c1ccccc1[N+](=O)[O-])[C@@H]1[C@H]3CC[C@@H](C3)[C@@H]1S2. The lowest BCUT2D eigenvalue weighted by Crippen LogP contribution is -2.32. The number of fused-ring (bicyclic) bond motifs is 6. The van der Waals surface area contributed by atoms with Crippen LogP contribution in [-0.2, 0) is 0 Å². The molecule has 1 aromatic carbocycles. The highest BCUT2D eigenvalue weighted by Crippen LogP contribution is 2.62. The molecule has 2 aliphatic carbocycles. The van der Waals surface area contributed by atoms with E-state index in [-0.39, 0.29) is 21.4 Å². The highest BCUT2D eigenvalue weighted by molar-refractivity contribution is 8.00. The summed E-state index contributed by atoms with van der Waals surface area (Å²) in [7, 11) is 0. The maximum Gasteiger partial charge on any atom is 0.305 e. The van der Waals surface area contributed by atoms with Crippen LogP contribution in [0, 0.1) is 27.9 Å². The highest BCUT2D eigenvalue weighted by Gasteiger charge is 2.53. The molecule has 3 aliphatic rings. The summed E-state index contributed by atoms with van der Waals surface area (Å²) in [5.41, 5.74) is 0.751. The van der Waals surface area contributed by atoms with E-state index in [1.807, 2.05) is 23.9 Å². The number of hydrogen-bond donors (Lipinski definition) is 1. The zero-order valence-electron chi connectivity index (χ0n) is 14.0. The van der Waals surface area contributed by atoms with Crippen LogP contribution in [0.1, 0.15) is 35.6 Å². The molecule has 2 saturated carbocycles. The number of nitrogens with zero attached hydrogens (tertiary/aromatic N) is 1. The largest absolute Gasteiger partial charge is 0.307 e. The minimum atomic E-state index is -0.336. The Morgan fingerprint density at radius 1 is 1.23 bits per heavy atom. The van der Waals surface area contributed by atoms with Crippen molar-refractivity contribution >= 4 is 34.9 Å². The summed E-state index contributed by atoms with van der Waals surface area (Å²) in [4.78, 5) is 27.0. The van der Waals surface area contributed by atoms with Gasteiger partial charge in [0.2, 0.25) is 0 Å². The maximum atomic E-state index is 12.0. The van der Waals surface area contributed by atoms with Gasteiger partial charge in [0.15, 0.2) is 0 Å². The molecule has 0 unspecified atom stereocenters. The standard InChI is InChI=1S/C19H18N2O3S2/c22-19-20-18-17(26-19)13(15-11-5-6-12(9-11)16(15)25-18)8-7-10-3-1-2-4-14(10)21(23)24/h1-4,7-8,11-13,15-16H,5-6,9H2,(H,20,22)/b8-7+/t11-,12-,13-,15-,16-/m0/s1. The van der Waals surface area contributed by atoms with Crippen molar-refractivity contribution in [1.29, 1.82) is 0 Å². The fourth-order valence-corrected chi connectivity index (χ4v) is 7.98. The Morgan fingerprint density at radius 3 is 2.88 bits per heavy atom. The smallest absolute Gasteiger partial charge is 0.305 e. The van der Waals surface area contributed by atoms with Gasteiger partial charge in [0.25, 0.3) is 5.69 Å². The maximum absolute atomic E-state index is 12.0. The second-order valence-electron chi connectivity index (χ2n) is 7.40. The molecule has 0 amide bonds. The van der Waals surface area contributed by atoms with E-state index in [0.29, 0.717) is 22.6 Å². The highest BCUT2D eigenvalue weighted by atomic mass is 32.2. The van der Waals surface area contributed by atoms with E-state index in [9.17, 15) is 14.9 Å². The molecule has 5 atom stereocenters. The molecule has 0 radical (unpaired) electrons. The van der Waals surface area contributed by atoms with E-state index in [1.54, 1.807) is 12.1 Å². The van der Waals surface area contributed by atoms with Crippen molar-refractivity contribution in [1.82, 2.24) is 4.98 Å². The minimum absolute atomic E-state index is 0.00101. The Balaban J connectivity index is 1.56. The zero-order chi connectivity index (χ0) is 17.8. The van der Waals surface area contributed by atoms with Gasteiger partial charge in [-0.2, -0.15) is 0 Å². The van der Waals surface area contributed by atoms with Crippen LogP contribution in [0.2, 0.25) is 0 Å². The average molecular weight is 386 g/mol. The summed E-state index contributed by atoms with van der Waals surface area (Å²) < 4.78 is 0. The Kier molecular flexibility index (Phi) is 3.83. The lowest BCUT2D eigenvalue weighted by molar-refractivity contribution is -0.385. The van der Waals surface area contributed by atoms with Gasteiger partial charge in [-0.05, 0) is 43.1 Å². The molecule has 1 N–H and O–H groups in total. The summed E-state index contributed by atoms with van der Waals surface area (Å²) >= 11 is 3.16. The summed E-state index contributed by atoms with van der Waals surface area (Å²) in [5.74, 6) is 2.17. The van der Waals surface area contributed by atoms with Gasteiger partial charge in [-0.25, -0.2) is 0 Å². The fourth-order valence-electron chi connectivity index (χ4n) is 5.12. The van der Waals surface area contributed by atoms with E-state index in [2.05, 4.69) is 11.1 Å². The average Bonchev–Trinajstić information content (AvgIpc) is 3.32. The predicted molar refractivity (Wildman–Crippen MR) is 104 cm³/mol. The van der Waals surface area contributed by atoms with E-state index >= 15 is 0 Å². The molecular weight excluding hydrogens is 368 g/mol. The molecule has 1 aromatic heterocycles. The van der Waals surface area contributed by atoms with E-state index in [4.69, 9.17) is 0 Å². The van der Waals surface area contributed by atoms with Crippen LogP contribution < -0.4 is 4.87 Å². The second-order valence-corrected chi connectivity index (χ2v) is 9.60. The number of thioether (sulfide) groups is 1. The van der Waals surface area contributed by atoms with E-state index in [0.717, 1.165) is 15.8 Å². The van der Waals surface area contributed by atoms with E-state index in [1.165, 1.54) is 36.7 Å². The number of allylic oxidation sites excluding steroid dienone is 1. The molecule has 1 aliphatic heterocycles. The van der Waals surface area contributed by atoms with Crippen LogP contribution in [0.4, 0.5) is 5.69 Å². The van der Waals surface area contributed by atoms with Crippen molar-refractivity contribution in [3.63, 3.8) is 0 Å². The normalized spacial score (nSPS) is 31.9. The lowest BCUT2D eigenvalue weighted by atomic mass is 9.77. The summed E-state index contributed by atoms with van der Waals surface area (Å²) in [6.45, 7) is 0. The number of rotatable bonds is 3. The van der Waals surface area contributed by atoms with Crippen LogP contribution in [-0.4, -0.2) is 15.2 Å². The third kappa shape index (κ3) is 2.48. The van der Waals surface area contributed by atoms with Gasteiger partial charge < -0.3 is 4.98 Å². The summed E-state index contributed by atoms with van der Waals surface area (Å²) in [5, 5.41) is 12.9. The fraction of sp³-hybridized carbons (Fsp3) is 0.421. The molecule has 0 spiro atoms. The summed E-state index contributed by atoms with van der Waals surface area (Å²) in [6.07, 6.45) is 7.86. The zero-order valence-corrected chi connectivity index (χ0v) is 15.6. The van der Waals surface area contributed by atoms with Crippen molar-refractivity contribution in [2.45, 2.75) is 35.5 Å². The second kappa shape index (κ2) is 6.09. The Labute approximate surface area is 158 Å². The number of hydrogen-bond acceptors (Lipinski definition) is 5. The number of aromatic amines is 1. The molecule has 7 heteroatoms. The number of nitro benzene ring substituents is 1. The molecule has 5 nitrogen and oxygen atoms in total. The monoisotopic (exact) mass is 386 g/mol.